The SMILES string of the molecule is COc1cc(O)c2c(c1)/C=C/C[C@H](O)[C@H](O)/C([O-])=C/[CH-]C[C@H](C)OC2=O. The van der Waals surface area contributed by atoms with E-state index in [4.69, 9.17) is 9.47 Å². The number of hydrogen-bond donors (Lipinski definition) is 3. The number of carbonyl (C=O) groups is 1. The molecule has 7 heteroatoms. The number of phenols is 1. The maximum atomic E-state index is 12.4. The van der Waals surface area contributed by atoms with Crippen LogP contribution >= 0.6 is 0 Å². The van der Waals surface area contributed by atoms with Crippen molar-refractivity contribution in [1.82, 2.24) is 0 Å². The molecule has 1 heterocycles. The summed E-state index contributed by atoms with van der Waals surface area (Å²) in [6.45, 7) is 1.64. The average Bonchev–Trinajstić information content (AvgIpc) is 2.59. The van der Waals surface area contributed by atoms with Crippen molar-refractivity contribution in [3.63, 3.8) is 0 Å². The fourth-order valence-electron chi connectivity index (χ4n) is 2.51. The standard InChI is InChI=1S/C19H23O7/c1-11-5-3-7-14(20)18(23)15(21)8-4-6-12-9-13(25-2)10-16(22)17(12)19(24)26-11/h3-4,6-7,9-11,15,18,20-23H,5,8H2,1-2H3/q-1/p-1/b6-4+,14-7-/t11-,15-,18+/m0/s1. The molecule has 0 fully saturated rings. The molecule has 2 rings (SSSR count). The molecule has 3 atom stereocenters. The quantitative estimate of drug-likeness (QED) is 0.502. The van der Waals surface area contributed by atoms with Gasteiger partial charge in [-0.2, -0.15) is 0 Å². The van der Waals surface area contributed by atoms with Crippen LogP contribution in [0.25, 0.3) is 6.08 Å². The number of aliphatic hydroxyl groups excluding tert-OH is 2. The van der Waals surface area contributed by atoms with Crippen LogP contribution in [0.1, 0.15) is 35.7 Å². The van der Waals surface area contributed by atoms with Gasteiger partial charge in [0, 0.05) is 12.2 Å². The van der Waals surface area contributed by atoms with Gasteiger partial charge in [0.25, 0.3) is 0 Å². The third-order valence-corrected chi connectivity index (χ3v) is 3.95. The molecular formula is C19H22O7-2. The van der Waals surface area contributed by atoms with E-state index in [1.165, 1.54) is 37.8 Å². The van der Waals surface area contributed by atoms with E-state index in [2.05, 4.69) is 0 Å². The lowest BCUT2D eigenvalue weighted by atomic mass is 10.0. The molecule has 0 amide bonds. The fourth-order valence-corrected chi connectivity index (χ4v) is 2.51. The van der Waals surface area contributed by atoms with Crippen molar-refractivity contribution >= 4 is 12.0 Å². The van der Waals surface area contributed by atoms with E-state index in [1.807, 2.05) is 0 Å². The Morgan fingerprint density at radius 3 is 2.77 bits per heavy atom. The number of allylic oxidation sites excluding steroid dienone is 1. The van der Waals surface area contributed by atoms with E-state index in [9.17, 15) is 25.2 Å². The summed E-state index contributed by atoms with van der Waals surface area (Å²) in [7, 11) is 1.42. The van der Waals surface area contributed by atoms with Gasteiger partial charge in [-0.15, -0.1) is 0 Å². The summed E-state index contributed by atoms with van der Waals surface area (Å²) in [5, 5.41) is 41.8. The average molecular weight is 362 g/mol. The highest BCUT2D eigenvalue weighted by molar-refractivity contribution is 5.97. The molecule has 0 saturated heterocycles. The molecule has 142 valence electrons. The molecule has 0 aromatic heterocycles. The number of ether oxygens (including phenoxy) is 2. The van der Waals surface area contributed by atoms with E-state index < -0.39 is 30.0 Å². The zero-order valence-corrected chi connectivity index (χ0v) is 14.6. The monoisotopic (exact) mass is 362 g/mol. The van der Waals surface area contributed by atoms with Gasteiger partial charge >= 0.3 is 5.97 Å². The second-order valence-corrected chi connectivity index (χ2v) is 6.02. The van der Waals surface area contributed by atoms with Crippen LogP contribution in [0.4, 0.5) is 0 Å². The molecule has 1 aliphatic heterocycles. The highest BCUT2D eigenvalue weighted by atomic mass is 16.5. The number of benzene rings is 1. The molecule has 0 saturated carbocycles. The van der Waals surface area contributed by atoms with Gasteiger partial charge in [0.15, 0.2) is 0 Å². The number of esters is 1. The Balaban J connectivity index is 2.44. The van der Waals surface area contributed by atoms with Gasteiger partial charge in [0.1, 0.15) is 17.1 Å². The number of fused-ring (bicyclic) bond motifs is 1. The number of rotatable bonds is 1. The molecule has 0 bridgehead atoms. The van der Waals surface area contributed by atoms with E-state index in [-0.39, 0.29) is 24.2 Å². The third kappa shape index (κ3) is 4.71. The molecule has 1 aromatic rings. The summed E-state index contributed by atoms with van der Waals surface area (Å²) in [5.41, 5.74) is 0.306. The first-order valence-corrected chi connectivity index (χ1v) is 8.18. The van der Waals surface area contributed by atoms with Crippen LogP contribution in [0, 0.1) is 6.42 Å². The minimum absolute atomic E-state index is 0.0242. The predicted molar refractivity (Wildman–Crippen MR) is 92.2 cm³/mol. The smallest absolute Gasteiger partial charge is 0.342 e. The minimum atomic E-state index is -1.55. The Labute approximate surface area is 151 Å². The predicted octanol–water partition coefficient (Wildman–Crippen LogP) is 0.923. The Morgan fingerprint density at radius 2 is 2.08 bits per heavy atom. The number of phenolic OH excluding ortho intramolecular Hbond substituents is 1. The van der Waals surface area contributed by atoms with Crippen molar-refractivity contribution in [2.45, 2.75) is 38.1 Å². The number of aliphatic hydroxyl groups is 2. The zero-order valence-electron chi connectivity index (χ0n) is 14.6. The van der Waals surface area contributed by atoms with Gasteiger partial charge in [-0.3, -0.25) is 5.76 Å². The number of hydrogen-bond acceptors (Lipinski definition) is 7. The lowest BCUT2D eigenvalue weighted by Crippen LogP contribution is -2.32. The van der Waals surface area contributed by atoms with Gasteiger partial charge in [-0.05, 0) is 25.0 Å². The van der Waals surface area contributed by atoms with Gasteiger partial charge in [-0.25, -0.2) is 17.3 Å². The topological polar surface area (TPSA) is 119 Å². The third-order valence-electron chi connectivity index (χ3n) is 3.95. The molecule has 0 spiro atoms. The molecule has 7 nitrogen and oxygen atoms in total. The molecule has 0 aliphatic carbocycles. The Hall–Kier alpha value is -2.64. The Kier molecular flexibility index (Phi) is 6.54. The van der Waals surface area contributed by atoms with Gasteiger partial charge in [0.2, 0.25) is 0 Å². The Morgan fingerprint density at radius 1 is 1.35 bits per heavy atom. The van der Waals surface area contributed by atoms with Crippen molar-refractivity contribution in [2.75, 3.05) is 7.11 Å². The molecule has 3 N–H and O–H groups in total. The minimum Gasteiger partial charge on any atom is -0.955 e. The molecule has 1 aliphatic rings. The van der Waals surface area contributed by atoms with Crippen molar-refractivity contribution in [1.29, 1.82) is 0 Å². The maximum Gasteiger partial charge on any atom is 0.342 e. The number of methoxy groups -OCH3 is 1. The summed E-state index contributed by atoms with van der Waals surface area (Å²) in [6, 6.07) is 2.84. The zero-order chi connectivity index (χ0) is 19.3. The van der Waals surface area contributed by atoms with E-state index in [0.29, 0.717) is 11.3 Å². The van der Waals surface area contributed by atoms with Crippen molar-refractivity contribution in [2.24, 2.45) is 0 Å². The van der Waals surface area contributed by atoms with Crippen molar-refractivity contribution < 1.29 is 34.7 Å². The lowest BCUT2D eigenvalue weighted by Gasteiger charge is -2.32. The molecule has 0 radical (unpaired) electrons. The largest absolute Gasteiger partial charge is 0.955 e. The van der Waals surface area contributed by atoms with Crippen LogP contribution < -0.4 is 9.84 Å². The van der Waals surface area contributed by atoms with Crippen molar-refractivity contribution in [3.05, 3.63) is 47.6 Å². The van der Waals surface area contributed by atoms with Gasteiger partial charge < -0.3 is 29.9 Å². The van der Waals surface area contributed by atoms with E-state index in [1.54, 1.807) is 6.92 Å². The second kappa shape index (κ2) is 8.64. The van der Waals surface area contributed by atoms with Gasteiger partial charge in [-0.1, -0.05) is 18.6 Å². The summed E-state index contributed by atoms with van der Waals surface area (Å²) in [4.78, 5) is 12.4. The highest BCUT2D eigenvalue weighted by Gasteiger charge is 2.20. The number of aromatic hydroxyl groups is 1. The van der Waals surface area contributed by atoms with Crippen LogP contribution in [0.5, 0.6) is 11.5 Å². The molecular weight excluding hydrogens is 340 g/mol. The summed E-state index contributed by atoms with van der Waals surface area (Å²) >= 11 is 0. The first-order chi connectivity index (χ1) is 12.3. The van der Waals surface area contributed by atoms with Crippen LogP contribution in [0.3, 0.4) is 0 Å². The van der Waals surface area contributed by atoms with Crippen LogP contribution in [0.2, 0.25) is 0 Å². The highest BCUT2D eigenvalue weighted by Crippen LogP contribution is 2.30. The van der Waals surface area contributed by atoms with Crippen LogP contribution in [-0.2, 0) is 4.74 Å². The summed E-state index contributed by atoms with van der Waals surface area (Å²) in [6.07, 6.45) is 2.42. The first kappa shape index (κ1) is 19.7. The van der Waals surface area contributed by atoms with Crippen molar-refractivity contribution in [3.8, 4) is 11.5 Å². The van der Waals surface area contributed by atoms with Gasteiger partial charge in [0.05, 0.1) is 19.3 Å². The molecule has 26 heavy (non-hydrogen) atoms. The molecule has 0 unspecified atom stereocenters. The maximum absolute atomic E-state index is 12.4. The first-order valence-electron chi connectivity index (χ1n) is 8.18. The lowest BCUT2D eigenvalue weighted by molar-refractivity contribution is -0.324. The number of cyclic esters (lactones) is 1. The van der Waals surface area contributed by atoms with Crippen LogP contribution in [0.15, 0.2) is 30.0 Å². The Bertz CT molecular complexity index is 708. The second-order valence-electron chi connectivity index (χ2n) is 6.02. The number of carbonyl (C=O) groups excluding carboxylic acids is 1. The van der Waals surface area contributed by atoms with Crippen LogP contribution in [-0.4, -0.2) is 46.7 Å². The summed E-state index contributed by atoms with van der Waals surface area (Å²) in [5.74, 6) is -1.29. The fraction of sp³-hybridized carbons (Fsp3) is 0.368. The van der Waals surface area contributed by atoms with E-state index in [0.717, 1.165) is 6.08 Å². The van der Waals surface area contributed by atoms with E-state index >= 15 is 0 Å². The summed E-state index contributed by atoms with van der Waals surface area (Å²) < 4.78 is 10.4. The molecule has 1 aromatic carbocycles. The normalized spacial score (nSPS) is 27.8.